The van der Waals surface area contributed by atoms with Crippen molar-refractivity contribution >= 4 is 29.5 Å². The molecule has 1 rings (SSSR count). The van der Waals surface area contributed by atoms with E-state index in [1.54, 1.807) is 36.0 Å². The van der Waals surface area contributed by atoms with Crippen LogP contribution in [0.15, 0.2) is 24.3 Å². The van der Waals surface area contributed by atoms with Gasteiger partial charge < -0.3 is 15.7 Å². The Hall–Kier alpha value is -2.02. The number of carbonyl (C=O) groups excluding carboxylic acids is 2. The molecule has 0 spiro atoms. The first-order chi connectivity index (χ1) is 16.5. The molecule has 34 heavy (non-hydrogen) atoms. The van der Waals surface area contributed by atoms with E-state index >= 15 is 0 Å². The fourth-order valence-corrected chi connectivity index (χ4v) is 4.63. The molecule has 2 amide bonds. The first kappa shape index (κ1) is 30.0. The lowest BCUT2D eigenvalue weighted by Gasteiger charge is -2.18. The van der Waals surface area contributed by atoms with Crippen molar-refractivity contribution in [3.63, 3.8) is 0 Å². The first-order valence-electron chi connectivity index (χ1n) is 12.9. The highest BCUT2D eigenvalue weighted by Crippen LogP contribution is 2.15. The molecular weight excluding hydrogens is 448 g/mol. The van der Waals surface area contributed by atoms with Crippen LogP contribution in [0.3, 0.4) is 0 Å². The molecule has 0 aliphatic carbocycles. The summed E-state index contributed by atoms with van der Waals surface area (Å²) in [5, 5.41) is 14.9. The number of amides is 2. The lowest BCUT2D eigenvalue weighted by Crippen LogP contribution is -2.48. The zero-order valence-electron chi connectivity index (χ0n) is 21.1. The number of rotatable bonds is 20. The van der Waals surface area contributed by atoms with Gasteiger partial charge in [0, 0.05) is 24.5 Å². The van der Waals surface area contributed by atoms with Crippen molar-refractivity contribution < 1.29 is 19.5 Å². The largest absolute Gasteiger partial charge is 0.478 e. The molecule has 0 bridgehead atoms. The van der Waals surface area contributed by atoms with Gasteiger partial charge in [0.2, 0.25) is 11.8 Å². The molecule has 0 aliphatic heterocycles. The lowest BCUT2D eigenvalue weighted by atomic mass is 10.1. The van der Waals surface area contributed by atoms with Crippen LogP contribution < -0.4 is 10.6 Å². The normalized spacial score (nSPS) is 11.7. The van der Waals surface area contributed by atoms with Gasteiger partial charge in [-0.1, -0.05) is 83.8 Å². The number of hydrogen-bond donors (Lipinski definition) is 3. The van der Waals surface area contributed by atoms with Crippen LogP contribution in [-0.2, 0) is 15.3 Å². The van der Waals surface area contributed by atoms with E-state index in [-0.39, 0.29) is 17.4 Å². The van der Waals surface area contributed by atoms with Crippen LogP contribution in [-0.4, -0.2) is 41.2 Å². The minimum atomic E-state index is -0.946. The molecule has 1 aromatic carbocycles. The van der Waals surface area contributed by atoms with E-state index in [9.17, 15) is 14.4 Å². The molecule has 0 saturated carbocycles. The summed E-state index contributed by atoms with van der Waals surface area (Å²) < 4.78 is 0. The second kappa shape index (κ2) is 19.3. The summed E-state index contributed by atoms with van der Waals surface area (Å²) in [6.45, 7) is 4.99. The van der Waals surface area contributed by atoms with Crippen molar-refractivity contribution in [2.24, 2.45) is 0 Å². The number of nitrogens with one attached hydrogen (secondary N) is 2. The highest BCUT2D eigenvalue weighted by Gasteiger charge is 2.20. The molecule has 3 N–H and O–H groups in total. The molecular formula is C27H44N2O4S. The Morgan fingerprint density at radius 2 is 1.44 bits per heavy atom. The number of carboxylic acid groups (broad SMARTS) is 1. The van der Waals surface area contributed by atoms with Gasteiger partial charge >= 0.3 is 5.97 Å². The Labute approximate surface area is 210 Å². The number of unbranched alkanes of at least 4 members (excludes halogenated alkanes) is 9. The molecule has 1 atom stereocenters. The zero-order chi connectivity index (χ0) is 25.0. The molecule has 1 aromatic rings. The van der Waals surface area contributed by atoms with E-state index in [0.717, 1.165) is 50.5 Å². The molecule has 0 aromatic heterocycles. The standard InChI is InChI=1S/C27H44N2O4S/c1-3-5-7-9-10-11-12-14-25(30)29-24(26(31)28-19-13-8-6-4-2)21-34-20-22-15-17-23(18-16-22)27(32)33/h15-18,24H,3-14,19-21H2,1-2H3,(H,28,31)(H,29,30)(H,32,33)/t24-/m1/s1. The van der Waals surface area contributed by atoms with Crippen molar-refractivity contribution in [1.29, 1.82) is 0 Å². The van der Waals surface area contributed by atoms with Crippen molar-refractivity contribution in [3.8, 4) is 0 Å². The Morgan fingerprint density at radius 3 is 2.06 bits per heavy atom. The molecule has 6 nitrogen and oxygen atoms in total. The summed E-state index contributed by atoms with van der Waals surface area (Å²) in [6.07, 6.45) is 12.9. The number of hydrogen-bond acceptors (Lipinski definition) is 4. The summed E-state index contributed by atoms with van der Waals surface area (Å²) in [5.74, 6) is -0.0132. The van der Waals surface area contributed by atoms with Gasteiger partial charge in [-0.05, 0) is 30.5 Å². The van der Waals surface area contributed by atoms with Gasteiger partial charge in [0.15, 0.2) is 0 Å². The Balaban J connectivity index is 2.48. The average Bonchev–Trinajstić information content (AvgIpc) is 2.83. The van der Waals surface area contributed by atoms with E-state index in [2.05, 4.69) is 24.5 Å². The lowest BCUT2D eigenvalue weighted by molar-refractivity contribution is -0.128. The molecule has 0 heterocycles. The van der Waals surface area contributed by atoms with E-state index < -0.39 is 12.0 Å². The van der Waals surface area contributed by atoms with E-state index in [4.69, 9.17) is 5.11 Å². The molecule has 0 unspecified atom stereocenters. The smallest absolute Gasteiger partial charge is 0.335 e. The van der Waals surface area contributed by atoms with Gasteiger partial charge in [0.1, 0.15) is 6.04 Å². The number of thioether (sulfide) groups is 1. The third-order valence-corrected chi connectivity index (χ3v) is 6.85. The van der Waals surface area contributed by atoms with Gasteiger partial charge in [-0.2, -0.15) is 11.8 Å². The highest BCUT2D eigenvalue weighted by molar-refractivity contribution is 7.98. The van der Waals surface area contributed by atoms with Crippen LogP contribution in [0.5, 0.6) is 0 Å². The predicted molar refractivity (Wildman–Crippen MR) is 141 cm³/mol. The molecule has 0 aliphatic rings. The number of benzene rings is 1. The van der Waals surface area contributed by atoms with Crippen LogP contribution >= 0.6 is 11.8 Å². The predicted octanol–water partition coefficient (Wildman–Crippen LogP) is 5.94. The van der Waals surface area contributed by atoms with Gasteiger partial charge in [0.05, 0.1) is 5.56 Å². The van der Waals surface area contributed by atoms with Crippen LogP contribution in [0.25, 0.3) is 0 Å². The first-order valence-corrected chi connectivity index (χ1v) is 14.1. The maximum absolute atomic E-state index is 12.7. The van der Waals surface area contributed by atoms with Crippen molar-refractivity contribution in [2.45, 2.75) is 103 Å². The van der Waals surface area contributed by atoms with Crippen molar-refractivity contribution in [1.82, 2.24) is 10.6 Å². The maximum atomic E-state index is 12.7. The van der Waals surface area contributed by atoms with Crippen LogP contribution in [0.2, 0.25) is 0 Å². The third-order valence-electron chi connectivity index (χ3n) is 5.74. The number of carboxylic acids is 1. The Bertz CT molecular complexity index is 709. The van der Waals surface area contributed by atoms with Crippen molar-refractivity contribution in [3.05, 3.63) is 35.4 Å². The van der Waals surface area contributed by atoms with Crippen LogP contribution in [0.1, 0.15) is 107 Å². The molecule has 0 saturated heterocycles. The SMILES string of the molecule is CCCCCCCCCC(=O)N[C@H](CSCc1ccc(C(=O)O)cc1)C(=O)NCCCCCC. The van der Waals surface area contributed by atoms with Crippen LogP contribution in [0.4, 0.5) is 0 Å². The minimum absolute atomic E-state index is 0.0638. The summed E-state index contributed by atoms with van der Waals surface area (Å²) in [4.78, 5) is 36.2. The van der Waals surface area contributed by atoms with Crippen LogP contribution in [0, 0.1) is 0 Å². The fourth-order valence-electron chi connectivity index (χ4n) is 3.62. The van der Waals surface area contributed by atoms with E-state index in [1.807, 2.05) is 0 Å². The number of carbonyl (C=O) groups is 3. The fraction of sp³-hybridized carbons (Fsp3) is 0.667. The van der Waals surface area contributed by atoms with Gasteiger partial charge in [-0.3, -0.25) is 9.59 Å². The molecule has 7 heteroatoms. The number of aromatic carboxylic acids is 1. The monoisotopic (exact) mass is 492 g/mol. The topological polar surface area (TPSA) is 95.5 Å². The zero-order valence-corrected chi connectivity index (χ0v) is 21.9. The maximum Gasteiger partial charge on any atom is 0.335 e. The quantitative estimate of drug-likeness (QED) is 0.196. The van der Waals surface area contributed by atoms with E-state index in [1.165, 1.54) is 25.7 Å². The third kappa shape index (κ3) is 14.3. The summed E-state index contributed by atoms with van der Waals surface area (Å²) in [7, 11) is 0. The minimum Gasteiger partial charge on any atom is -0.478 e. The Morgan fingerprint density at radius 1 is 0.853 bits per heavy atom. The molecule has 0 fully saturated rings. The summed E-state index contributed by atoms with van der Waals surface area (Å²) in [5.41, 5.74) is 1.25. The second-order valence-corrected chi connectivity index (χ2v) is 9.89. The summed E-state index contributed by atoms with van der Waals surface area (Å²) in [6, 6.07) is 6.19. The van der Waals surface area contributed by atoms with Gasteiger partial charge in [-0.25, -0.2) is 4.79 Å². The van der Waals surface area contributed by atoms with Gasteiger partial charge in [-0.15, -0.1) is 0 Å². The molecule has 192 valence electrons. The van der Waals surface area contributed by atoms with E-state index in [0.29, 0.717) is 24.5 Å². The van der Waals surface area contributed by atoms with Crippen molar-refractivity contribution in [2.75, 3.05) is 12.3 Å². The van der Waals surface area contributed by atoms with Gasteiger partial charge in [0.25, 0.3) is 0 Å². The average molecular weight is 493 g/mol. The Kier molecular flexibility index (Phi) is 17.0. The molecule has 0 radical (unpaired) electrons. The second-order valence-electron chi connectivity index (χ2n) is 8.86. The highest BCUT2D eigenvalue weighted by atomic mass is 32.2. The summed E-state index contributed by atoms with van der Waals surface area (Å²) >= 11 is 1.56.